The maximum Gasteiger partial charge on any atom is 0.338 e. The van der Waals surface area contributed by atoms with Gasteiger partial charge in [-0.3, -0.25) is 10.1 Å². The summed E-state index contributed by atoms with van der Waals surface area (Å²) < 4.78 is 4.88. The maximum absolute atomic E-state index is 11.7. The van der Waals surface area contributed by atoms with Crippen LogP contribution in [0.1, 0.15) is 49.9 Å². The lowest BCUT2D eigenvalue weighted by atomic mass is 9.87. The van der Waals surface area contributed by atoms with Crippen LogP contribution in [0.2, 0.25) is 0 Å². The monoisotopic (exact) mass is 306 g/mol. The van der Waals surface area contributed by atoms with Gasteiger partial charge in [0.05, 0.1) is 17.1 Å². The summed E-state index contributed by atoms with van der Waals surface area (Å²) in [4.78, 5) is 22.5. The molecule has 1 aromatic carbocycles. The minimum Gasteiger partial charge on any atom is -0.462 e. The number of benzene rings is 1. The third kappa shape index (κ3) is 3.96. The molecule has 1 aromatic rings. The minimum atomic E-state index is -0.538. The third-order valence-corrected chi connectivity index (χ3v) is 4.08. The number of hydrogen-bond donors (Lipinski definition) is 1. The number of carbonyl (C=O) groups is 1. The largest absolute Gasteiger partial charge is 0.462 e. The number of nitrogens with zero attached hydrogens (tertiary/aromatic N) is 1. The Morgan fingerprint density at radius 2 is 2.05 bits per heavy atom. The second-order valence-electron chi connectivity index (χ2n) is 5.81. The quantitative estimate of drug-likeness (QED) is 0.509. The SMILES string of the molecule is CCOC(=O)c1ccc(NC2CCC(C)CC2)c([N+](=O)[O-])c1. The zero-order chi connectivity index (χ0) is 16.1. The number of esters is 1. The molecule has 0 radical (unpaired) electrons. The van der Waals surface area contributed by atoms with Gasteiger partial charge in [-0.25, -0.2) is 4.79 Å². The van der Waals surface area contributed by atoms with Crippen LogP contribution in [0.4, 0.5) is 11.4 Å². The number of carbonyl (C=O) groups excluding carboxylic acids is 1. The molecule has 22 heavy (non-hydrogen) atoms. The number of nitro benzene ring substituents is 1. The molecule has 120 valence electrons. The van der Waals surface area contributed by atoms with Crippen molar-refractivity contribution in [1.29, 1.82) is 0 Å². The van der Waals surface area contributed by atoms with Crippen molar-refractivity contribution in [3.8, 4) is 0 Å². The van der Waals surface area contributed by atoms with Crippen LogP contribution in [0, 0.1) is 16.0 Å². The molecule has 0 bridgehead atoms. The van der Waals surface area contributed by atoms with E-state index in [9.17, 15) is 14.9 Å². The number of rotatable bonds is 5. The molecule has 0 aromatic heterocycles. The molecule has 0 unspecified atom stereocenters. The number of nitro groups is 1. The lowest BCUT2D eigenvalue weighted by Crippen LogP contribution is -2.25. The normalized spacial score (nSPS) is 21.2. The molecular formula is C16H22N2O4. The van der Waals surface area contributed by atoms with E-state index in [1.165, 1.54) is 6.07 Å². The first-order valence-electron chi connectivity index (χ1n) is 7.73. The van der Waals surface area contributed by atoms with Gasteiger partial charge in [0.1, 0.15) is 5.69 Å². The predicted octanol–water partition coefficient (Wildman–Crippen LogP) is 3.76. The Labute approximate surface area is 130 Å². The molecule has 0 atom stereocenters. The molecule has 2 rings (SSSR count). The summed E-state index contributed by atoms with van der Waals surface area (Å²) in [6.07, 6.45) is 4.29. The van der Waals surface area contributed by atoms with E-state index in [0.29, 0.717) is 5.69 Å². The van der Waals surface area contributed by atoms with Crippen molar-refractivity contribution in [2.75, 3.05) is 11.9 Å². The predicted molar refractivity (Wildman–Crippen MR) is 84.1 cm³/mol. The molecule has 0 saturated heterocycles. The van der Waals surface area contributed by atoms with Crippen LogP contribution in [0.25, 0.3) is 0 Å². The van der Waals surface area contributed by atoms with Crippen LogP contribution in [-0.2, 0) is 4.74 Å². The van der Waals surface area contributed by atoms with Gasteiger partial charge in [0.25, 0.3) is 5.69 Å². The Bertz CT molecular complexity index is 551. The first-order valence-corrected chi connectivity index (χ1v) is 7.73. The summed E-state index contributed by atoms with van der Waals surface area (Å²) in [5, 5.41) is 14.5. The fourth-order valence-electron chi connectivity index (χ4n) is 2.77. The standard InChI is InChI=1S/C16H22N2O4/c1-3-22-16(19)12-6-9-14(15(10-12)18(20)21)17-13-7-4-11(2)5-8-13/h6,9-11,13,17H,3-5,7-8H2,1-2H3. The van der Waals surface area contributed by atoms with E-state index in [4.69, 9.17) is 4.74 Å². The molecule has 0 spiro atoms. The van der Waals surface area contributed by atoms with Crippen molar-refractivity contribution >= 4 is 17.3 Å². The van der Waals surface area contributed by atoms with Crippen molar-refractivity contribution in [3.63, 3.8) is 0 Å². The van der Waals surface area contributed by atoms with E-state index in [-0.39, 0.29) is 23.9 Å². The van der Waals surface area contributed by atoms with Gasteiger partial charge < -0.3 is 10.1 Å². The van der Waals surface area contributed by atoms with Gasteiger partial charge in [-0.2, -0.15) is 0 Å². The van der Waals surface area contributed by atoms with E-state index in [1.54, 1.807) is 19.1 Å². The van der Waals surface area contributed by atoms with Gasteiger partial charge in [0.2, 0.25) is 0 Å². The average Bonchev–Trinajstić information content (AvgIpc) is 2.50. The number of anilines is 1. The van der Waals surface area contributed by atoms with Gasteiger partial charge >= 0.3 is 5.97 Å². The van der Waals surface area contributed by atoms with Gasteiger partial charge in [-0.1, -0.05) is 6.92 Å². The van der Waals surface area contributed by atoms with Crippen molar-refractivity contribution < 1.29 is 14.5 Å². The highest BCUT2D eigenvalue weighted by Crippen LogP contribution is 2.31. The Hall–Kier alpha value is -2.11. The van der Waals surface area contributed by atoms with Crippen LogP contribution < -0.4 is 5.32 Å². The van der Waals surface area contributed by atoms with Gasteiger partial charge in [-0.15, -0.1) is 0 Å². The van der Waals surface area contributed by atoms with Crippen molar-refractivity contribution in [1.82, 2.24) is 0 Å². The summed E-state index contributed by atoms with van der Waals surface area (Å²) in [7, 11) is 0. The Kier molecular flexibility index (Phi) is 5.35. The summed E-state index contributed by atoms with van der Waals surface area (Å²) in [6, 6.07) is 4.70. The highest BCUT2D eigenvalue weighted by atomic mass is 16.6. The van der Waals surface area contributed by atoms with Gasteiger partial charge in [0, 0.05) is 12.1 Å². The highest BCUT2D eigenvalue weighted by Gasteiger charge is 2.23. The molecule has 0 amide bonds. The fraction of sp³-hybridized carbons (Fsp3) is 0.562. The first kappa shape index (κ1) is 16.3. The number of hydrogen-bond acceptors (Lipinski definition) is 5. The summed E-state index contributed by atoms with van der Waals surface area (Å²) >= 11 is 0. The second-order valence-corrected chi connectivity index (χ2v) is 5.81. The Balaban J connectivity index is 2.16. The van der Waals surface area contributed by atoms with Crippen LogP contribution in [0.3, 0.4) is 0 Å². The molecule has 1 aliphatic rings. The smallest absolute Gasteiger partial charge is 0.338 e. The van der Waals surface area contributed by atoms with Gasteiger partial charge in [0.15, 0.2) is 0 Å². The van der Waals surface area contributed by atoms with Crippen LogP contribution in [0.5, 0.6) is 0 Å². The number of nitrogens with one attached hydrogen (secondary N) is 1. The molecule has 1 N–H and O–H groups in total. The molecule has 1 aliphatic carbocycles. The third-order valence-electron chi connectivity index (χ3n) is 4.08. The molecule has 6 heteroatoms. The lowest BCUT2D eigenvalue weighted by molar-refractivity contribution is -0.384. The summed E-state index contributed by atoms with van der Waals surface area (Å²) in [6.45, 7) is 4.17. The summed E-state index contributed by atoms with van der Waals surface area (Å²) in [5.41, 5.74) is 0.596. The van der Waals surface area contributed by atoms with E-state index >= 15 is 0 Å². The highest BCUT2D eigenvalue weighted by molar-refractivity contribution is 5.91. The Morgan fingerprint density at radius 3 is 2.64 bits per heavy atom. The first-order chi connectivity index (χ1) is 10.5. The molecule has 0 aliphatic heterocycles. The van der Waals surface area contributed by atoms with E-state index in [1.807, 2.05) is 0 Å². The van der Waals surface area contributed by atoms with Crippen molar-refractivity contribution in [2.45, 2.75) is 45.6 Å². The molecule has 0 heterocycles. The fourth-order valence-corrected chi connectivity index (χ4v) is 2.77. The zero-order valence-corrected chi connectivity index (χ0v) is 13.0. The maximum atomic E-state index is 11.7. The number of ether oxygens (including phenoxy) is 1. The Morgan fingerprint density at radius 1 is 1.36 bits per heavy atom. The average molecular weight is 306 g/mol. The molecule has 1 fully saturated rings. The van der Waals surface area contributed by atoms with Crippen molar-refractivity contribution in [2.24, 2.45) is 5.92 Å². The second kappa shape index (κ2) is 7.24. The van der Waals surface area contributed by atoms with E-state index < -0.39 is 10.9 Å². The van der Waals surface area contributed by atoms with Crippen LogP contribution in [0.15, 0.2) is 18.2 Å². The molecular weight excluding hydrogens is 284 g/mol. The zero-order valence-electron chi connectivity index (χ0n) is 13.0. The molecule has 6 nitrogen and oxygen atoms in total. The van der Waals surface area contributed by atoms with E-state index in [2.05, 4.69) is 12.2 Å². The lowest BCUT2D eigenvalue weighted by Gasteiger charge is -2.27. The minimum absolute atomic E-state index is 0.0795. The molecule has 1 saturated carbocycles. The van der Waals surface area contributed by atoms with Gasteiger partial charge in [-0.05, 0) is 50.7 Å². The van der Waals surface area contributed by atoms with Crippen molar-refractivity contribution in [3.05, 3.63) is 33.9 Å². The topological polar surface area (TPSA) is 81.5 Å². The summed E-state index contributed by atoms with van der Waals surface area (Å²) in [5.74, 6) is 0.183. The van der Waals surface area contributed by atoms with E-state index in [0.717, 1.165) is 31.6 Å². The van der Waals surface area contributed by atoms with Crippen LogP contribution in [-0.4, -0.2) is 23.5 Å². The van der Waals surface area contributed by atoms with Crippen LogP contribution >= 0.6 is 0 Å².